The molecule has 0 unspecified atom stereocenters. The average Bonchev–Trinajstić information content (AvgIpc) is 3.34. The molecule has 0 atom stereocenters. The van der Waals surface area contributed by atoms with E-state index in [9.17, 15) is 9.18 Å². The van der Waals surface area contributed by atoms with Gasteiger partial charge in [0.05, 0.1) is 21.6 Å². The Balaban J connectivity index is 1.36. The van der Waals surface area contributed by atoms with Crippen molar-refractivity contribution in [2.45, 2.75) is 13.8 Å². The number of aromatic nitrogens is 3. The lowest BCUT2D eigenvalue weighted by Gasteiger charge is -2.34. The lowest BCUT2D eigenvalue weighted by Crippen LogP contribution is -2.49. The second-order valence-electron chi connectivity index (χ2n) is 7.74. The fraction of sp³-hybridized carbons (Fsp3) is 0.261. The molecule has 0 N–H and O–H groups in total. The van der Waals surface area contributed by atoms with Crippen LogP contribution < -0.4 is 4.90 Å². The molecule has 0 spiro atoms. The van der Waals surface area contributed by atoms with Crippen molar-refractivity contribution in [2.75, 3.05) is 31.1 Å². The van der Waals surface area contributed by atoms with Gasteiger partial charge in [-0.2, -0.15) is 10.1 Å². The van der Waals surface area contributed by atoms with Crippen LogP contribution in [-0.4, -0.2) is 51.8 Å². The molecule has 1 fully saturated rings. The third kappa shape index (κ3) is 3.57. The van der Waals surface area contributed by atoms with Crippen molar-refractivity contribution in [3.8, 4) is 5.69 Å². The summed E-state index contributed by atoms with van der Waals surface area (Å²) in [5.74, 6) is -0.731. The van der Waals surface area contributed by atoms with Crippen LogP contribution in [0.25, 0.3) is 16.0 Å². The second kappa shape index (κ2) is 7.77. The average molecular weight is 436 g/mol. The summed E-state index contributed by atoms with van der Waals surface area (Å²) in [6, 6.07) is 14.4. The van der Waals surface area contributed by atoms with Crippen LogP contribution in [0.5, 0.6) is 0 Å². The first-order chi connectivity index (χ1) is 15.0. The van der Waals surface area contributed by atoms with E-state index in [0.717, 1.165) is 26.9 Å². The van der Waals surface area contributed by atoms with Crippen LogP contribution in [0.15, 0.2) is 48.5 Å². The summed E-state index contributed by atoms with van der Waals surface area (Å²) in [7, 11) is 0. The minimum atomic E-state index is -0.475. The highest BCUT2D eigenvalue weighted by molar-refractivity contribution is 7.22. The van der Waals surface area contributed by atoms with Gasteiger partial charge >= 0.3 is 0 Å². The predicted octanol–water partition coefficient (Wildman–Crippen LogP) is 4.20. The van der Waals surface area contributed by atoms with Gasteiger partial charge in [-0.05, 0) is 43.7 Å². The molecule has 6 nitrogen and oxygen atoms in total. The summed E-state index contributed by atoms with van der Waals surface area (Å²) in [4.78, 5) is 21.5. The molecule has 5 rings (SSSR count). The van der Waals surface area contributed by atoms with Crippen molar-refractivity contribution < 1.29 is 9.18 Å². The van der Waals surface area contributed by atoms with Crippen molar-refractivity contribution in [2.24, 2.45) is 0 Å². The summed E-state index contributed by atoms with van der Waals surface area (Å²) in [5, 5.41) is 5.61. The number of piperazine rings is 1. The number of nitrogens with zero attached hydrogens (tertiary/aromatic N) is 5. The lowest BCUT2D eigenvalue weighted by atomic mass is 10.1. The monoisotopic (exact) mass is 435 g/mol. The molecule has 2 aromatic heterocycles. The van der Waals surface area contributed by atoms with Gasteiger partial charge in [0.15, 0.2) is 10.8 Å². The number of halogens is 1. The molecule has 4 aromatic rings. The fourth-order valence-corrected chi connectivity index (χ4v) is 4.94. The van der Waals surface area contributed by atoms with Crippen LogP contribution in [0.3, 0.4) is 0 Å². The van der Waals surface area contributed by atoms with Gasteiger partial charge in [-0.1, -0.05) is 35.6 Å². The number of hydrogen-bond donors (Lipinski definition) is 0. The number of amides is 1. The number of carbonyl (C=O) groups excluding carboxylic acids is 1. The first-order valence-electron chi connectivity index (χ1n) is 10.2. The van der Waals surface area contributed by atoms with Crippen molar-refractivity contribution >= 4 is 32.7 Å². The summed E-state index contributed by atoms with van der Waals surface area (Å²) in [5.41, 5.74) is 4.10. The fourth-order valence-electron chi connectivity index (χ4n) is 3.90. The lowest BCUT2D eigenvalue weighted by molar-refractivity contribution is 0.0742. The largest absolute Gasteiger partial charge is 0.344 e. The molecular formula is C23H22FN5OS. The van der Waals surface area contributed by atoms with Crippen LogP contribution in [0.1, 0.15) is 21.6 Å². The third-order valence-electron chi connectivity index (χ3n) is 5.57. The molecular weight excluding hydrogens is 413 g/mol. The van der Waals surface area contributed by atoms with Crippen molar-refractivity contribution in [3.05, 3.63) is 71.2 Å². The standard InChI is InChI=1S/C23H22FN5OS/c1-15-6-5-7-17(14-15)29-21-20(16(2)26-29)31-23(25-21)28-12-10-27(11-13-28)22(30)18-8-3-4-9-19(18)24/h3-9,14H,10-13H2,1-2H3. The second-order valence-corrected chi connectivity index (χ2v) is 8.72. The van der Waals surface area contributed by atoms with E-state index in [1.807, 2.05) is 23.7 Å². The molecule has 1 saturated heterocycles. The zero-order valence-corrected chi connectivity index (χ0v) is 18.2. The van der Waals surface area contributed by atoms with Crippen LogP contribution in [0.4, 0.5) is 9.52 Å². The molecule has 0 bridgehead atoms. The first-order valence-corrected chi connectivity index (χ1v) is 11.0. The number of hydrogen-bond acceptors (Lipinski definition) is 5. The molecule has 3 heterocycles. The van der Waals surface area contributed by atoms with Gasteiger partial charge in [0.25, 0.3) is 5.91 Å². The van der Waals surface area contributed by atoms with E-state index in [1.54, 1.807) is 28.4 Å². The minimum Gasteiger partial charge on any atom is -0.344 e. The third-order valence-corrected chi connectivity index (χ3v) is 6.78. The molecule has 1 aliphatic heterocycles. The molecule has 158 valence electrons. The van der Waals surface area contributed by atoms with Gasteiger partial charge < -0.3 is 9.80 Å². The Morgan fingerprint density at radius 3 is 2.55 bits per heavy atom. The summed E-state index contributed by atoms with van der Waals surface area (Å²) < 4.78 is 17.0. The van der Waals surface area contributed by atoms with Gasteiger partial charge in [0, 0.05) is 26.2 Å². The molecule has 0 saturated carbocycles. The van der Waals surface area contributed by atoms with Gasteiger partial charge in [0.2, 0.25) is 0 Å². The van der Waals surface area contributed by atoms with Gasteiger partial charge in [0.1, 0.15) is 5.82 Å². The van der Waals surface area contributed by atoms with Gasteiger partial charge in [-0.15, -0.1) is 0 Å². The highest BCUT2D eigenvalue weighted by Gasteiger charge is 2.26. The topological polar surface area (TPSA) is 54.3 Å². The van der Waals surface area contributed by atoms with E-state index in [0.29, 0.717) is 26.2 Å². The van der Waals surface area contributed by atoms with E-state index < -0.39 is 5.82 Å². The summed E-state index contributed by atoms with van der Waals surface area (Å²) >= 11 is 1.63. The number of benzene rings is 2. The predicted molar refractivity (Wildman–Crippen MR) is 121 cm³/mol. The summed E-state index contributed by atoms with van der Waals surface area (Å²) in [6.45, 7) is 6.45. The number of anilines is 1. The van der Waals surface area contributed by atoms with Crippen molar-refractivity contribution in [1.82, 2.24) is 19.7 Å². The maximum atomic E-state index is 14.0. The Morgan fingerprint density at radius 2 is 1.81 bits per heavy atom. The summed E-state index contributed by atoms with van der Waals surface area (Å²) in [6.07, 6.45) is 0. The van der Waals surface area contributed by atoms with E-state index in [2.05, 4.69) is 29.1 Å². The Bertz CT molecular complexity index is 1270. The molecule has 0 radical (unpaired) electrons. The highest BCUT2D eigenvalue weighted by Crippen LogP contribution is 2.33. The van der Waals surface area contributed by atoms with E-state index in [-0.39, 0.29) is 11.5 Å². The zero-order chi connectivity index (χ0) is 21.5. The van der Waals surface area contributed by atoms with Crippen LogP contribution in [0.2, 0.25) is 0 Å². The van der Waals surface area contributed by atoms with Gasteiger partial charge in [-0.25, -0.2) is 9.07 Å². The normalized spacial score (nSPS) is 14.4. The Hall–Kier alpha value is -3.26. The maximum absolute atomic E-state index is 14.0. The van der Waals surface area contributed by atoms with E-state index >= 15 is 0 Å². The SMILES string of the molecule is Cc1cccc(-n2nc(C)c3sc(N4CCN(C(=O)c5ccccc5F)CC4)nc32)c1. The molecule has 1 amide bonds. The Morgan fingerprint density at radius 1 is 1.03 bits per heavy atom. The number of thiazole rings is 1. The quantitative estimate of drug-likeness (QED) is 0.484. The van der Waals surface area contributed by atoms with E-state index in [1.165, 1.54) is 17.7 Å². The molecule has 31 heavy (non-hydrogen) atoms. The molecule has 2 aromatic carbocycles. The molecule has 1 aliphatic rings. The number of rotatable bonds is 3. The van der Waals surface area contributed by atoms with Crippen LogP contribution in [0, 0.1) is 19.7 Å². The van der Waals surface area contributed by atoms with E-state index in [4.69, 9.17) is 4.98 Å². The van der Waals surface area contributed by atoms with Gasteiger partial charge in [-0.3, -0.25) is 4.79 Å². The van der Waals surface area contributed by atoms with Crippen LogP contribution >= 0.6 is 11.3 Å². The maximum Gasteiger partial charge on any atom is 0.256 e. The number of aryl methyl sites for hydroxylation is 2. The van der Waals surface area contributed by atoms with Crippen LogP contribution in [-0.2, 0) is 0 Å². The Labute approximate surface area is 183 Å². The Kier molecular flexibility index (Phi) is 4.94. The van der Waals surface area contributed by atoms with Crippen molar-refractivity contribution in [3.63, 3.8) is 0 Å². The van der Waals surface area contributed by atoms with Crippen molar-refractivity contribution in [1.29, 1.82) is 0 Å². The number of carbonyl (C=O) groups is 1. The first kappa shape index (κ1) is 19.7. The molecule has 0 aliphatic carbocycles. The zero-order valence-electron chi connectivity index (χ0n) is 17.4. The highest BCUT2D eigenvalue weighted by atomic mass is 32.1. The molecule has 8 heteroatoms. The minimum absolute atomic E-state index is 0.129. The smallest absolute Gasteiger partial charge is 0.256 e. The number of fused-ring (bicyclic) bond motifs is 1.